The normalized spacial score (nSPS) is 10.3. The Balaban J connectivity index is 1.93. The second kappa shape index (κ2) is 7.48. The molecule has 0 amide bonds. The zero-order valence-corrected chi connectivity index (χ0v) is 12.8. The number of hydrogen-bond donors (Lipinski definition) is 0. The van der Waals surface area contributed by atoms with Crippen LogP contribution in [0.4, 0.5) is 0 Å². The number of nitriles is 1. The van der Waals surface area contributed by atoms with Crippen molar-refractivity contribution in [3.63, 3.8) is 0 Å². The fourth-order valence-corrected chi connectivity index (χ4v) is 4.26. The van der Waals surface area contributed by atoms with E-state index in [2.05, 4.69) is 28.2 Å². The number of pyridine rings is 1. The Morgan fingerprint density at radius 3 is 2.84 bits per heavy atom. The summed E-state index contributed by atoms with van der Waals surface area (Å²) in [5.74, 6) is 1.09. The van der Waals surface area contributed by atoms with Crippen LogP contribution < -0.4 is 0 Å². The highest BCUT2D eigenvalue weighted by Gasteiger charge is 2.07. The van der Waals surface area contributed by atoms with Gasteiger partial charge in [-0.1, -0.05) is 36.4 Å². The van der Waals surface area contributed by atoms with Crippen molar-refractivity contribution in [3.8, 4) is 6.07 Å². The van der Waals surface area contributed by atoms with Gasteiger partial charge in [0.25, 0.3) is 0 Å². The zero-order chi connectivity index (χ0) is 13.5. The molecule has 0 aliphatic rings. The van der Waals surface area contributed by atoms with Gasteiger partial charge in [0.05, 0.1) is 5.56 Å². The first kappa shape index (κ1) is 14.3. The van der Waals surface area contributed by atoms with Crippen LogP contribution in [0.2, 0.25) is 0 Å². The first-order valence-corrected chi connectivity index (χ1v) is 8.44. The summed E-state index contributed by atoms with van der Waals surface area (Å²) in [6.45, 7) is 2.18. The molecule has 0 N–H and O–H groups in total. The molecule has 0 aromatic carbocycles. The van der Waals surface area contributed by atoms with E-state index in [0.29, 0.717) is 5.56 Å². The molecule has 7 heteroatoms. The first-order valence-electron chi connectivity index (χ1n) is 5.82. The van der Waals surface area contributed by atoms with E-state index in [0.717, 1.165) is 19.5 Å². The highest BCUT2D eigenvalue weighted by Crippen LogP contribution is 2.32. The quantitative estimate of drug-likeness (QED) is 0.596. The number of thioether (sulfide) groups is 1. The summed E-state index contributed by atoms with van der Waals surface area (Å²) >= 11 is 4.82. The van der Waals surface area contributed by atoms with E-state index in [1.165, 1.54) is 24.6 Å². The van der Waals surface area contributed by atoms with Crippen molar-refractivity contribution in [3.05, 3.63) is 23.9 Å². The first-order chi connectivity index (χ1) is 9.31. The van der Waals surface area contributed by atoms with Crippen molar-refractivity contribution in [2.75, 3.05) is 5.75 Å². The van der Waals surface area contributed by atoms with Crippen LogP contribution in [0.15, 0.2) is 32.0 Å². The molecule has 0 saturated carbocycles. The predicted octanol–water partition coefficient (Wildman–Crippen LogP) is 3.85. The van der Waals surface area contributed by atoms with Gasteiger partial charge in [-0.25, -0.2) is 4.98 Å². The van der Waals surface area contributed by atoms with Gasteiger partial charge in [-0.05, 0) is 30.3 Å². The molecule has 0 atom stereocenters. The van der Waals surface area contributed by atoms with Crippen LogP contribution in [-0.2, 0) is 0 Å². The summed E-state index contributed by atoms with van der Waals surface area (Å²) in [4.78, 5) is 4.20. The second-order valence-corrected chi connectivity index (χ2v) is 7.22. The minimum Gasteiger partial charge on any atom is -0.248 e. The number of rotatable bonds is 6. The molecule has 2 aromatic rings. The highest BCUT2D eigenvalue weighted by atomic mass is 32.2. The highest BCUT2D eigenvalue weighted by molar-refractivity contribution is 8.03. The minimum absolute atomic E-state index is 0.567. The van der Waals surface area contributed by atoms with E-state index in [-0.39, 0.29) is 0 Å². The molecule has 2 heterocycles. The lowest BCUT2D eigenvalue weighted by atomic mass is 10.3. The molecule has 0 aliphatic heterocycles. The molecular formula is C12H12N4S3. The fraction of sp³-hybridized carbons (Fsp3) is 0.333. The van der Waals surface area contributed by atoms with Crippen molar-refractivity contribution in [2.24, 2.45) is 0 Å². The molecule has 0 unspecified atom stereocenters. The number of aromatic nitrogens is 3. The Hall–Kier alpha value is -1.10. The second-order valence-electron chi connectivity index (χ2n) is 3.63. The molecule has 0 spiro atoms. The lowest BCUT2D eigenvalue weighted by molar-refractivity contribution is 0.892. The van der Waals surface area contributed by atoms with Crippen LogP contribution >= 0.6 is 34.9 Å². The summed E-state index contributed by atoms with van der Waals surface area (Å²) in [6, 6.07) is 5.64. The van der Waals surface area contributed by atoms with Gasteiger partial charge in [0.1, 0.15) is 11.1 Å². The van der Waals surface area contributed by atoms with Crippen molar-refractivity contribution in [1.82, 2.24) is 15.2 Å². The topological polar surface area (TPSA) is 62.5 Å². The van der Waals surface area contributed by atoms with Crippen LogP contribution in [0.25, 0.3) is 0 Å². The molecule has 0 radical (unpaired) electrons. The average molecular weight is 308 g/mol. The summed E-state index contributed by atoms with van der Waals surface area (Å²) in [5.41, 5.74) is 0.567. The maximum absolute atomic E-state index is 8.70. The lowest BCUT2D eigenvalue weighted by Crippen LogP contribution is -1.81. The maximum atomic E-state index is 8.70. The Morgan fingerprint density at radius 2 is 2.16 bits per heavy atom. The summed E-state index contributed by atoms with van der Waals surface area (Å²) in [7, 11) is 0. The average Bonchev–Trinajstić information content (AvgIpc) is 2.88. The van der Waals surface area contributed by atoms with Gasteiger partial charge in [-0.2, -0.15) is 5.26 Å². The third-order valence-corrected chi connectivity index (χ3v) is 5.31. The van der Waals surface area contributed by atoms with Gasteiger partial charge in [0.15, 0.2) is 8.68 Å². The minimum atomic E-state index is 0.567. The van der Waals surface area contributed by atoms with Crippen molar-refractivity contribution >= 4 is 34.9 Å². The maximum Gasteiger partial charge on any atom is 0.181 e. The van der Waals surface area contributed by atoms with Crippen molar-refractivity contribution in [2.45, 2.75) is 33.5 Å². The molecule has 0 aliphatic carbocycles. The summed E-state index contributed by atoms with van der Waals surface area (Å²) in [6.07, 6.45) is 3.97. The molecule has 0 bridgehead atoms. The lowest BCUT2D eigenvalue weighted by Gasteiger charge is -1.95. The third-order valence-electron chi connectivity index (χ3n) is 2.17. The van der Waals surface area contributed by atoms with E-state index in [1.54, 1.807) is 35.4 Å². The van der Waals surface area contributed by atoms with Crippen LogP contribution in [-0.4, -0.2) is 20.9 Å². The SMILES string of the molecule is CCCCSc1nnc(Sc2ccc(C#N)cn2)s1. The molecule has 2 rings (SSSR count). The van der Waals surface area contributed by atoms with Crippen LogP contribution in [0.5, 0.6) is 0 Å². The van der Waals surface area contributed by atoms with Crippen LogP contribution in [0, 0.1) is 11.3 Å². The molecular weight excluding hydrogens is 296 g/mol. The Morgan fingerprint density at radius 1 is 1.32 bits per heavy atom. The molecule has 19 heavy (non-hydrogen) atoms. The molecule has 0 saturated heterocycles. The van der Waals surface area contributed by atoms with Gasteiger partial charge in [0, 0.05) is 11.9 Å². The predicted molar refractivity (Wildman–Crippen MR) is 78.6 cm³/mol. The number of nitrogens with zero attached hydrogens (tertiary/aromatic N) is 4. The largest absolute Gasteiger partial charge is 0.248 e. The van der Waals surface area contributed by atoms with Gasteiger partial charge >= 0.3 is 0 Å². The van der Waals surface area contributed by atoms with Crippen LogP contribution in [0.3, 0.4) is 0 Å². The van der Waals surface area contributed by atoms with Crippen LogP contribution in [0.1, 0.15) is 25.3 Å². The van der Waals surface area contributed by atoms with Gasteiger partial charge in [-0.15, -0.1) is 10.2 Å². The molecule has 2 aromatic heterocycles. The van der Waals surface area contributed by atoms with Gasteiger partial charge in [0.2, 0.25) is 0 Å². The van der Waals surface area contributed by atoms with Crippen molar-refractivity contribution in [1.29, 1.82) is 5.26 Å². The monoisotopic (exact) mass is 308 g/mol. The van der Waals surface area contributed by atoms with E-state index < -0.39 is 0 Å². The number of hydrogen-bond acceptors (Lipinski definition) is 7. The Kier molecular flexibility index (Phi) is 5.63. The smallest absolute Gasteiger partial charge is 0.181 e. The standard InChI is InChI=1S/C12H12N4S3/c1-2-3-6-17-11-15-16-12(19-11)18-10-5-4-9(7-13)8-14-10/h4-5,8H,2-3,6H2,1H3. The Labute approximate surface area is 124 Å². The van der Waals surface area contributed by atoms with E-state index in [4.69, 9.17) is 5.26 Å². The Bertz CT molecular complexity index is 559. The molecule has 98 valence electrons. The molecule has 0 fully saturated rings. The van der Waals surface area contributed by atoms with E-state index in [1.807, 2.05) is 6.07 Å². The summed E-state index contributed by atoms with van der Waals surface area (Å²) in [5, 5.41) is 17.8. The number of unbranched alkanes of at least 4 members (excludes halogenated alkanes) is 1. The van der Waals surface area contributed by atoms with E-state index >= 15 is 0 Å². The summed E-state index contributed by atoms with van der Waals surface area (Å²) < 4.78 is 1.89. The van der Waals surface area contributed by atoms with E-state index in [9.17, 15) is 0 Å². The van der Waals surface area contributed by atoms with Gasteiger partial charge in [-0.3, -0.25) is 0 Å². The zero-order valence-electron chi connectivity index (χ0n) is 10.4. The fourth-order valence-electron chi connectivity index (χ4n) is 1.20. The van der Waals surface area contributed by atoms with Gasteiger partial charge < -0.3 is 0 Å². The molecule has 4 nitrogen and oxygen atoms in total. The van der Waals surface area contributed by atoms with Crippen molar-refractivity contribution < 1.29 is 0 Å². The third kappa shape index (κ3) is 4.49.